The topological polar surface area (TPSA) is 55.9 Å². The zero-order valence-electron chi connectivity index (χ0n) is 12.4. The maximum Gasteiger partial charge on any atom is 0.263 e. The Kier molecular flexibility index (Phi) is 3.98. The Balaban J connectivity index is 1.93. The van der Waals surface area contributed by atoms with Gasteiger partial charge >= 0.3 is 0 Å². The average molecular weight is 302 g/mol. The Bertz CT molecular complexity index is 729. The second-order valence-corrected chi connectivity index (χ2v) is 5.76. The number of aromatic nitrogens is 3. The lowest BCUT2D eigenvalue weighted by Gasteiger charge is -2.04. The fourth-order valence-electron chi connectivity index (χ4n) is 2.24. The van der Waals surface area contributed by atoms with E-state index in [0.29, 0.717) is 5.22 Å². The first kappa shape index (κ1) is 14.2. The SMILES string of the molecule is CCNCc1c(C)nn(C)c1Sc1nc2ccccc2o1. The van der Waals surface area contributed by atoms with Gasteiger partial charge in [0.05, 0.1) is 5.69 Å². The molecule has 0 saturated carbocycles. The molecule has 0 spiro atoms. The second kappa shape index (κ2) is 5.91. The van der Waals surface area contributed by atoms with Crippen molar-refractivity contribution >= 4 is 22.9 Å². The van der Waals surface area contributed by atoms with E-state index in [-0.39, 0.29) is 0 Å². The number of hydrogen-bond acceptors (Lipinski definition) is 5. The molecule has 2 heterocycles. The number of nitrogens with zero attached hydrogens (tertiary/aromatic N) is 3. The van der Waals surface area contributed by atoms with Crippen molar-refractivity contribution < 1.29 is 4.42 Å². The zero-order chi connectivity index (χ0) is 14.8. The van der Waals surface area contributed by atoms with Crippen LogP contribution in [0.15, 0.2) is 38.9 Å². The Hall–Kier alpha value is -1.79. The average Bonchev–Trinajstić information content (AvgIpc) is 2.99. The summed E-state index contributed by atoms with van der Waals surface area (Å²) in [5.41, 5.74) is 3.93. The number of oxazole rings is 1. The lowest BCUT2D eigenvalue weighted by atomic mass is 10.2. The molecule has 1 N–H and O–H groups in total. The van der Waals surface area contributed by atoms with Gasteiger partial charge in [-0.15, -0.1) is 0 Å². The monoisotopic (exact) mass is 302 g/mol. The summed E-state index contributed by atoms with van der Waals surface area (Å²) in [6.07, 6.45) is 0. The normalized spacial score (nSPS) is 11.4. The quantitative estimate of drug-likeness (QED) is 0.784. The third kappa shape index (κ3) is 2.82. The van der Waals surface area contributed by atoms with Gasteiger partial charge in [0, 0.05) is 19.2 Å². The number of hydrogen-bond donors (Lipinski definition) is 1. The standard InChI is InChI=1S/C15H18N4OS/c1-4-16-9-11-10(2)18-19(3)14(11)21-15-17-12-7-5-6-8-13(12)20-15/h5-8,16H,4,9H2,1-3H3. The van der Waals surface area contributed by atoms with E-state index in [4.69, 9.17) is 4.42 Å². The number of rotatable bonds is 5. The summed E-state index contributed by atoms with van der Waals surface area (Å²) in [6, 6.07) is 7.80. The van der Waals surface area contributed by atoms with Gasteiger partial charge in [0.15, 0.2) is 5.58 Å². The van der Waals surface area contributed by atoms with Crippen LogP contribution in [0.3, 0.4) is 0 Å². The molecule has 0 aliphatic carbocycles. The molecule has 0 bridgehead atoms. The van der Waals surface area contributed by atoms with Crippen LogP contribution in [-0.4, -0.2) is 21.3 Å². The van der Waals surface area contributed by atoms with Crippen molar-refractivity contribution in [3.05, 3.63) is 35.5 Å². The van der Waals surface area contributed by atoms with Gasteiger partial charge in [0.2, 0.25) is 0 Å². The van der Waals surface area contributed by atoms with Gasteiger partial charge in [-0.2, -0.15) is 5.10 Å². The van der Waals surface area contributed by atoms with Crippen LogP contribution in [0.25, 0.3) is 11.1 Å². The highest BCUT2D eigenvalue weighted by Gasteiger charge is 2.17. The summed E-state index contributed by atoms with van der Waals surface area (Å²) < 4.78 is 7.68. The van der Waals surface area contributed by atoms with Crippen LogP contribution in [0.4, 0.5) is 0 Å². The van der Waals surface area contributed by atoms with E-state index in [1.165, 1.54) is 17.3 Å². The fraction of sp³-hybridized carbons (Fsp3) is 0.333. The summed E-state index contributed by atoms with van der Waals surface area (Å²) >= 11 is 1.52. The fourth-order valence-corrected chi connectivity index (χ4v) is 3.20. The number of aryl methyl sites for hydroxylation is 2. The molecule has 0 radical (unpaired) electrons. The van der Waals surface area contributed by atoms with E-state index in [2.05, 4.69) is 22.3 Å². The molecule has 2 aromatic heterocycles. The third-order valence-electron chi connectivity index (χ3n) is 3.30. The molecule has 0 amide bonds. The van der Waals surface area contributed by atoms with Crippen molar-refractivity contribution in [3.63, 3.8) is 0 Å². The molecule has 0 atom stereocenters. The number of para-hydroxylation sites is 2. The smallest absolute Gasteiger partial charge is 0.263 e. The molecular weight excluding hydrogens is 284 g/mol. The minimum Gasteiger partial charge on any atom is -0.431 e. The molecule has 0 aliphatic rings. The molecule has 0 aliphatic heterocycles. The highest BCUT2D eigenvalue weighted by Crippen LogP contribution is 2.33. The minimum atomic E-state index is 0.650. The lowest BCUT2D eigenvalue weighted by Crippen LogP contribution is -2.12. The summed E-state index contributed by atoms with van der Waals surface area (Å²) in [5.74, 6) is 0. The van der Waals surface area contributed by atoms with E-state index in [1.807, 2.05) is 42.9 Å². The maximum atomic E-state index is 5.79. The Labute approximate surface area is 127 Å². The van der Waals surface area contributed by atoms with Crippen LogP contribution in [0, 0.1) is 6.92 Å². The molecule has 0 fully saturated rings. The molecule has 0 saturated heterocycles. The zero-order valence-corrected chi connectivity index (χ0v) is 13.2. The number of benzene rings is 1. The van der Waals surface area contributed by atoms with Crippen molar-refractivity contribution in [1.29, 1.82) is 0 Å². The van der Waals surface area contributed by atoms with Gasteiger partial charge in [-0.25, -0.2) is 4.98 Å². The van der Waals surface area contributed by atoms with Crippen molar-refractivity contribution in [3.8, 4) is 0 Å². The van der Waals surface area contributed by atoms with Crippen LogP contribution in [0.2, 0.25) is 0 Å². The third-order valence-corrected chi connectivity index (χ3v) is 4.35. The second-order valence-electron chi connectivity index (χ2n) is 4.82. The predicted molar refractivity (Wildman–Crippen MR) is 83.5 cm³/mol. The molecular formula is C15H18N4OS. The Morgan fingerprint density at radius 1 is 1.33 bits per heavy atom. The van der Waals surface area contributed by atoms with E-state index in [0.717, 1.165) is 34.9 Å². The largest absolute Gasteiger partial charge is 0.431 e. The molecule has 6 heteroatoms. The van der Waals surface area contributed by atoms with Crippen LogP contribution >= 0.6 is 11.8 Å². The van der Waals surface area contributed by atoms with Crippen LogP contribution in [0.5, 0.6) is 0 Å². The molecule has 21 heavy (non-hydrogen) atoms. The van der Waals surface area contributed by atoms with E-state index < -0.39 is 0 Å². The molecule has 110 valence electrons. The summed E-state index contributed by atoms with van der Waals surface area (Å²) in [7, 11) is 1.95. The lowest BCUT2D eigenvalue weighted by molar-refractivity contribution is 0.488. The Morgan fingerprint density at radius 2 is 2.14 bits per heavy atom. The van der Waals surface area contributed by atoms with E-state index >= 15 is 0 Å². The molecule has 0 unspecified atom stereocenters. The molecule has 5 nitrogen and oxygen atoms in total. The van der Waals surface area contributed by atoms with E-state index in [1.54, 1.807) is 0 Å². The molecule has 1 aromatic carbocycles. The van der Waals surface area contributed by atoms with Gasteiger partial charge in [-0.1, -0.05) is 19.1 Å². The first-order chi connectivity index (χ1) is 10.2. The highest BCUT2D eigenvalue weighted by molar-refractivity contribution is 7.99. The van der Waals surface area contributed by atoms with Crippen LogP contribution < -0.4 is 5.32 Å². The van der Waals surface area contributed by atoms with Crippen molar-refractivity contribution in [2.45, 2.75) is 30.6 Å². The van der Waals surface area contributed by atoms with Gasteiger partial charge in [0.25, 0.3) is 5.22 Å². The Morgan fingerprint density at radius 3 is 2.90 bits per heavy atom. The van der Waals surface area contributed by atoms with Crippen LogP contribution in [0.1, 0.15) is 18.2 Å². The molecule has 3 rings (SSSR count). The van der Waals surface area contributed by atoms with Crippen molar-refractivity contribution in [2.75, 3.05) is 6.54 Å². The van der Waals surface area contributed by atoms with Crippen LogP contribution in [-0.2, 0) is 13.6 Å². The maximum absolute atomic E-state index is 5.79. The summed E-state index contributed by atoms with van der Waals surface area (Å²) in [6.45, 7) is 5.86. The van der Waals surface area contributed by atoms with Gasteiger partial charge in [-0.05, 0) is 37.4 Å². The van der Waals surface area contributed by atoms with E-state index in [9.17, 15) is 0 Å². The predicted octanol–water partition coefficient (Wildman–Crippen LogP) is 3.13. The van der Waals surface area contributed by atoms with Gasteiger partial charge in [-0.3, -0.25) is 4.68 Å². The number of fused-ring (bicyclic) bond motifs is 1. The number of nitrogens with one attached hydrogen (secondary N) is 1. The first-order valence-electron chi connectivity index (χ1n) is 6.95. The van der Waals surface area contributed by atoms with Gasteiger partial charge < -0.3 is 9.73 Å². The summed E-state index contributed by atoms with van der Waals surface area (Å²) in [5, 5.41) is 9.57. The highest BCUT2D eigenvalue weighted by atomic mass is 32.2. The summed E-state index contributed by atoms with van der Waals surface area (Å²) in [4.78, 5) is 4.51. The van der Waals surface area contributed by atoms with Crippen molar-refractivity contribution in [1.82, 2.24) is 20.1 Å². The van der Waals surface area contributed by atoms with Gasteiger partial charge in [0.1, 0.15) is 10.5 Å². The first-order valence-corrected chi connectivity index (χ1v) is 7.77. The minimum absolute atomic E-state index is 0.650. The van der Waals surface area contributed by atoms with Crippen molar-refractivity contribution in [2.24, 2.45) is 7.05 Å². The molecule has 3 aromatic rings.